The Balaban J connectivity index is 1.60. The quantitative estimate of drug-likeness (QED) is 0.336. The second-order valence-corrected chi connectivity index (χ2v) is 12.3. The van der Waals surface area contributed by atoms with Crippen LogP contribution in [0.3, 0.4) is 0 Å². The summed E-state index contributed by atoms with van der Waals surface area (Å²) in [5.41, 5.74) is -3.81. The standard InChI is InChI=1S/C29H22F6O2S2/c1-25-13-19(15-5-9-17(36-3)10-6-15)38-23(25)21-22(28(32,33)29(34,35)27(21,30)31)24-26(25,2)14-20(39-24)16-7-11-18(37-4)12-8-16/h5-14H,1-4H3/t25-,26-/m1/s1. The van der Waals surface area contributed by atoms with E-state index in [2.05, 4.69) is 0 Å². The van der Waals surface area contributed by atoms with Crippen molar-refractivity contribution in [1.82, 2.24) is 0 Å². The number of fused-ring (bicyclic) bond motifs is 4. The molecule has 0 radical (unpaired) electrons. The Morgan fingerprint density at radius 3 is 1.21 bits per heavy atom. The molecule has 2 aromatic rings. The van der Waals surface area contributed by atoms with E-state index in [1.165, 1.54) is 14.2 Å². The Bertz CT molecular complexity index is 1410. The van der Waals surface area contributed by atoms with Crippen LogP contribution in [0.25, 0.3) is 9.81 Å². The summed E-state index contributed by atoms with van der Waals surface area (Å²) in [6, 6.07) is 13.6. The Hall–Kier alpha value is -2.72. The Morgan fingerprint density at radius 1 is 0.564 bits per heavy atom. The zero-order chi connectivity index (χ0) is 28.2. The molecule has 4 aliphatic rings. The summed E-state index contributed by atoms with van der Waals surface area (Å²) >= 11 is 1.71. The topological polar surface area (TPSA) is 18.5 Å². The number of hydrogen-bond donors (Lipinski definition) is 0. The average molecular weight is 581 g/mol. The molecule has 0 unspecified atom stereocenters. The van der Waals surface area contributed by atoms with Gasteiger partial charge in [-0.25, -0.2) is 0 Å². The number of hydrogen-bond acceptors (Lipinski definition) is 4. The summed E-state index contributed by atoms with van der Waals surface area (Å²) in [6.45, 7) is 3.32. The van der Waals surface area contributed by atoms with Crippen LogP contribution in [0.15, 0.2) is 81.6 Å². The SMILES string of the molecule is COc1ccc(C2=C[C@]3(C)C(=C4C(=C5SC(c6ccc(OC)cc6)=C[C@]53C)C(F)(F)C(F)(F)C4(F)F)S2)cc1. The highest BCUT2D eigenvalue weighted by Crippen LogP contribution is 2.78. The van der Waals surface area contributed by atoms with E-state index in [-0.39, 0.29) is 9.81 Å². The maximum absolute atomic E-state index is 15.5. The molecule has 0 spiro atoms. The summed E-state index contributed by atoms with van der Waals surface area (Å²) in [7, 11) is 3.01. The van der Waals surface area contributed by atoms with Crippen LogP contribution in [0.5, 0.6) is 11.5 Å². The second-order valence-electron chi connectivity index (χ2n) is 10.2. The second kappa shape index (κ2) is 8.16. The van der Waals surface area contributed by atoms with Crippen LogP contribution < -0.4 is 9.47 Å². The van der Waals surface area contributed by atoms with Gasteiger partial charge in [0.15, 0.2) is 0 Å². The largest absolute Gasteiger partial charge is 0.497 e. The van der Waals surface area contributed by atoms with E-state index in [9.17, 15) is 8.78 Å². The third-order valence-electron chi connectivity index (χ3n) is 8.16. The lowest BCUT2D eigenvalue weighted by Crippen LogP contribution is -2.47. The molecule has 0 amide bonds. The van der Waals surface area contributed by atoms with Crippen LogP contribution in [0.4, 0.5) is 26.3 Å². The third-order valence-corrected chi connectivity index (χ3v) is 11.0. The van der Waals surface area contributed by atoms with Crippen molar-refractivity contribution >= 4 is 33.3 Å². The van der Waals surface area contributed by atoms with Gasteiger partial charge in [-0.2, -0.15) is 26.3 Å². The van der Waals surface area contributed by atoms with Gasteiger partial charge in [0.25, 0.3) is 0 Å². The molecule has 1 fully saturated rings. The van der Waals surface area contributed by atoms with E-state index in [1.54, 1.807) is 74.5 Å². The first-order chi connectivity index (χ1) is 18.2. The molecule has 39 heavy (non-hydrogen) atoms. The lowest BCUT2D eigenvalue weighted by Gasteiger charge is -2.45. The number of ether oxygens (including phenoxy) is 2. The highest BCUT2D eigenvalue weighted by Gasteiger charge is 2.84. The molecule has 2 heterocycles. The molecule has 2 atom stereocenters. The van der Waals surface area contributed by atoms with Gasteiger partial charge >= 0.3 is 17.8 Å². The average Bonchev–Trinajstić information content (AvgIpc) is 3.48. The molecule has 6 rings (SSSR count). The highest BCUT2D eigenvalue weighted by atomic mass is 32.2. The fourth-order valence-corrected chi connectivity index (χ4v) is 8.84. The molecule has 0 N–H and O–H groups in total. The summed E-state index contributed by atoms with van der Waals surface area (Å²) < 4.78 is 102. The molecule has 2 aliphatic carbocycles. The summed E-state index contributed by atoms with van der Waals surface area (Å²) in [5, 5.41) is 0. The first-order valence-corrected chi connectivity index (χ1v) is 13.6. The number of rotatable bonds is 4. The van der Waals surface area contributed by atoms with Crippen LogP contribution in [-0.2, 0) is 0 Å². The lowest BCUT2D eigenvalue weighted by atomic mass is 9.60. The first-order valence-electron chi connectivity index (χ1n) is 12.0. The van der Waals surface area contributed by atoms with Crippen molar-refractivity contribution in [2.75, 3.05) is 14.2 Å². The van der Waals surface area contributed by atoms with Crippen LogP contribution >= 0.6 is 23.5 Å². The summed E-state index contributed by atoms with van der Waals surface area (Å²) in [6.07, 6.45) is 3.49. The van der Waals surface area contributed by atoms with Gasteiger partial charge in [0, 0.05) is 41.6 Å². The van der Waals surface area contributed by atoms with E-state index in [0.717, 1.165) is 23.5 Å². The van der Waals surface area contributed by atoms with Gasteiger partial charge in [-0.3, -0.25) is 0 Å². The minimum Gasteiger partial charge on any atom is -0.497 e. The van der Waals surface area contributed by atoms with Crippen molar-refractivity contribution in [3.05, 3.63) is 92.8 Å². The Labute approximate surface area is 229 Å². The molecule has 204 valence electrons. The number of thioether (sulfide) groups is 2. The van der Waals surface area contributed by atoms with Crippen molar-refractivity contribution < 1.29 is 35.8 Å². The molecular formula is C29H22F6O2S2. The fourth-order valence-electron chi connectivity index (χ4n) is 5.67. The zero-order valence-corrected chi connectivity index (χ0v) is 22.8. The van der Waals surface area contributed by atoms with Crippen LogP contribution in [0.2, 0.25) is 0 Å². The minimum atomic E-state index is -5.58. The fraction of sp³-hybridized carbons (Fsp3) is 0.310. The predicted molar refractivity (Wildman–Crippen MR) is 142 cm³/mol. The number of methoxy groups -OCH3 is 2. The van der Waals surface area contributed by atoms with Gasteiger partial charge in [-0.1, -0.05) is 73.8 Å². The van der Waals surface area contributed by atoms with Gasteiger partial charge in [-0.15, -0.1) is 0 Å². The molecule has 2 nitrogen and oxygen atoms in total. The van der Waals surface area contributed by atoms with E-state index in [1.807, 2.05) is 0 Å². The summed E-state index contributed by atoms with van der Waals surface area (Å²) in [5.74, 6) is -14.5. The van der Waals surface area contributed by atoms with E-state index >= 15 is 17.6 Å². The van der Waals surface area contributed by atoms with Crippen LogP contribution in [0, 0.1) is 10.8 Å². The van der Waals surface area contributed by atoms with Gasteiger partial charge in [0.05, 0.1) is 14.2 Å². The highest BCUT2D eigenvalue weighted by molar-refractivity contribution is 8.12. The monoisotopic (exact) mass is 580 g/mol. The van der Waals surface area contributed by atoms with E-state index in [0.29, 0.717) is 32.4 Å². The van der Waals surface area contributed by atoms with Crippen molar-refractivity contribution in [3.8, 4) is 11.5 Å². The molecule has 0 aromatic heterocycles. The maximum Gasteiger partial charge on any atom is 0.380 e. The summed E-state index contributed by atoms with van der Waals surface area (Å²) in [4.78, 5) is 0.693. The predicted octanol–water partition coefficient (Wildman–Crippen LogP) is 9.03. The van der Waals surface area contributed by atoms with Gasteiger partial charge < -0.3 is 9.47 Å². The van der Waals surface area contributed by atoms with Crippen LogP contribution in [0.1, 0.15) is 25.0 Å². The Morgan fingerprint density at radius 2 is 0.897 bits per heavy atom. The van der Waals surface area contributed by atoms with Crippen molar-refractivity contribution in [2.24, 2.45) is 10.8 Å². The van der Waals surface area contributed by atoms with Crippen molar-refractivity contribution in [3.63, 3.8) is 0 Å². The number of allylic oxidation sites excluding steroid dienone is 6. The maximum atomic E-state index is 15.5. The van der Waals surface area contributed by atoms with Crippen molar-refractivity contribution in [2.45, 2.75) is 31.6 Å². The van der Waals surface area contributed by atoms with Gasteiger partial charge in [-0.05, 0) is 35.4 Å². The van der Waals surface area contributed by atoms with Crippen molar-refractivity contribution in [1.29, 1.82) is 0 Å². The molecule has 0 saturated heterocycles. The third kappa shape index (κ3) is 3.21. The molecule has 10 heteroatoms. The Kier molecular flexibility index (Phi) is 5.54. The zero-order valence-electron chi connectivity index (χ0n) is 21.2. The van der Waals surface area contributed by atoms with E-state index in [4.69, 9.17) is 9.47 Å². The minimum absolute atomic E-state index is 0.177. The van der Waals surface area contributed by atoms with Crippen LogP contribution in [-0.4, -0.2) is 32.0 Å². The molecule has 0 bridgehead atoms. The smallest absolute Gasteiger partial charge is 0.380 e. The molecule has 1 saturated carbocycles. The number of alkyl halides is 6. The first kappa shape index (κ1) is 26.5. The number of benzene rings is 2. The molecule has 2 aromatic carbocycles. The normalized spacial score (nSPS) is 29.5. The lowest BCUT2D eigenvalue weighted by molar-refractivity contribution is -0.258. The van der Waals surface area contributed by atoms with Gasteiger partial charge in [0.2, 0.25) is 0 Å². The van der Waals surface area contributed by atoms with Gasteiger partial charge in [0.1, 0.15) is 11.5 Å². The molecule has 2 aliphatic heterocycles. The molecular weight excluding hydrogens is 558 g/mol. The van der Waals surface area contributed by atoms with E-state index < -0.39 is 39.7 Å². The number of halogens is 6.